The molecule has 0 aromatic carbocycles. The van der Waals surface area contributed by atoms with Crippen LogP contribution in [-0.4, -0.2) is 28.9 Å². The van der Waals surface area contributed by atoms with Crippen LogP contribution in [0.4, 0.5) is 0 Å². The van der Waals surface area contributed by atoms with Crippen molar-refractivity contribution in [3.8, 4) is 11.8 Å². The second-order valence-electron chi connectivity index (χ2n) is 7.05. The van der Waals surface area contributed by atoms with Gasteiger partial charge in [0.25, 0.3) is 0 Å². The van der Waals surface area contributed by atoms with E-state index >= 15 is 0 Å². The number of hydrogen-bond acceptors (Lipinski definition) is 5. The molecule has 1 rings (SSSR count). The first kappa shape index (κ1) is 24.1. The Labute approximate surface area is 171 Å². The molecule has 4 nitrogen and oxygen atoms in total. The van der Waals surface area contributed by atoms with Gasteiger partial charge in [0.15, 0.2) is 5.16 Å². The van der Waals surface area contributed by atoms with Crippen molar-refractivity contribution in [2.45, 2.75) is 103 Å². The van der Waals surface area contributed by atoms with E-state index in [4.69, 9.17) is 9.47 Å². The summed E-state index contributed by atoms with van der Waals surface area (Å²) in [6.45, 7) is 8.11. The van der Waals surface area contributed by atoms with E-state index in [0.717, 1.165) is 23.8 Å². The molecule has 1 aromatic heterocycles. The Kier molecular flexibility index (Phi) is 15.3. The Balaban J connectivity index is 2.52. The van der Waals surface area contributed by atoms with E-state index in [9.17, 15) is 0 Å². The third-order valence-electron chi connectivity index (χ3n) is 4.38. The molecule has 0 fully saturated rings. The van der Waals surface area contributed by atoms with Gasteiger partial charge in [0, 0.05) is 5.75 Å². The molecule has 27 heavy (non-hydrogen) atoms. The molecule has 0 amide bonds. The highest BCUT2D eigenvalue weighted by atomic mass is 32.2. The molecule has 0 aliphatic heterocycles. The summed E-state index contributed by atoms with van der Waals surface area (Å²) in [6, 6.07) is 1.85. The topological polar surface area (TPSA) is 44.2 Å². The third-order valence-corrected chi connectivity index (χ3v) is 5.32. The van der Waals surface area contributed by atoms with Crippen LogP contribution in [0.5, 0.6) is 11.8 Å². The molecule has 0 N–H and O–H groups in total. The molecule has 0 radical (unpaired) electrons. The summed E-state index contributed by atoms with van der Waals surface area (Å²) in [7, 11) is 0. The predicted molar refractivity (Wildman–Crippen MR) is 116 cm³/mol. The first-order chi connectivity index (χ1) is 13.3. The molecule has 1 heterocycles. The van der Waals surface area contributed by atoms with Gasteiger partial charge in [-0.2, -0.15) is 9.97 Å². The maximum absolute atomic E-state index is 5.88. The fraction of sp³-hybridized carbons (Fsp3) is 0.818. The minimum atomic E-state index is 0.654. The molecule has 5 heteroatoms. The second kappa shape index (κ2) is 17.2. The Morgan fingerprint density at radius 1 is 0.667 bits per heavy atom. The molecular formula is C22H40N2O2S. The van der Waals surface area contributed by atoms with Crippen molar-refractivity contribution in [3.63, 3.8) is 0 Å². The van der Waals surface area contributed by atoms with Gasteiger partial charge in [-0.05, 0) is 19.3 Å². The highest BCUT2D eigenvalue weighted by Gasteiger charge is 2.08. The van der Waals surface area contributed by atoms with E-state index in [1.165, 1.54) is 64.2 Å². The largest absolute Gasteiger partial charge is 0.477 e. The van der Waals surface area contributed by atoms with Crippen molar-refractivity contribution in [2.75, 3.05) is 19.0 Å². The van der Waals surface area contributed by atoms with Crippen LogP contribution in [0.15, 0.2) is 11.2 Å². The summed E-state index contributed by atoms with van der Waals surface area (Å²) in [5, 5.41) is 0.779. The number of unbranched alkanes of at least 4 members (excludes halogenated alkanes) is 9. The first-order valence-electron chi connectivity index (χ1n) is 11.1. The Morgan fingerprint density at radius 3 is 1.63 bits per heavy atom. The molecular weight excluding hydrogens is 356 g/mol. The van der Waals surface area contributed by atoms with Crippen molar-refractivity contribution in [1.82, 2.24) is 9.97 Å². The Hall–Kier alpha value is -0.970. The summed E-state index contributed by atoms with van der Waals surface area (Å²) in [4.78, 5) is 9.15. The van der Waals surface area contributed by atoms with Crippen molar-refractivity contribution in [1.29, 1.82) is 0 Å². The number of rotatable bonds is 18. The third kappa shape index (κ3) is 12.9. The van der Waals surface area contributed by atoms with Crippen molar-refractivity contribution in [3.05, 3.63) is 6.07 Å². The molecule has 156 valence electrons. The van der Waals surface area contributed by atoms with Crippen LogP contribution in [-0.2, 0) is 0 Å². The summed E-state index contributed by atoms with van der Waals surface area (Å²) >= 11 is 1.71. The highest BCUT2D eigenvalue weighted by Crippen LogP contribution is 2.23. The number of thioether (sulfide) groups is 1. The number of aromatic nitrogens is 2. The lowest BCUT2D eigenvalue weighted by Crippen LogP contribution is -2.04. The van der Waals surface area contributed by atoms with Gasteiger partial charge >= 0.3 is 0 Å². The SMILES string of the molecule is CCCCCCOc1cc(OCCCCCC)nc(SCCCCCC)n1. The lowest BCUT2D eigenvalue weighted by atomic mass is 10.2. The van der Waals surface area contributed by atoms with E-state index in [1.54, 1.807) is 11.8 Å². The standard InChI is InChI=1S/C22H40N2O2S/c1-4-7-10-13-16-25-20-19-21(26-17-14-11-8-5-2)24-22(23-20)27-18-15-12-9-6-3/h19H,4-18H2,1-3H3. The van der Waals surface area contributed by atoms with Crippen LogP contribution in [0.1, 0.15) is 97.8 Å². The molecule has 0 saturated carbocycles. The number of ether oxygens (including phenoxy) is 2. The van der Waals surface area contributed by atoms with Gasteiger partial charge < -0.3 is 9.47 Å². The highest BCUT2D eigenvalue weighted by molar-refractivity contribution is 7.99. The van der Waals surface area contributed by atoms with Gasteiger partial charge in [-0.25, -0.2) is 0 Å². The molecule has 0 saturated heterocycles. The molecule has 0 aliphatic carbocycles. The monoisotopic (exact) mass is 396 g/mol. The molecule has 0 atom stereocenters. The van der Waals surface area contributed by atoms with Gasteiger partial charge in [0.05, 0.1) is 19.3 Å². The zero-order valence-electron chi connectivity index (χ0n) is 17.8. The van der Waals surface area contributed by atoms with E-state index in [0.29, 0.717) is 25.0 Å². The molecule has 0 spiro atoms. The predicted octanol–water partition coefficient (Wildman–Crippen LogP) is 7.07. The summed E-state index contributed by atoms with van der Waals surface area (Å²) < 4.78 is 11.8. The lowest BCUT2D eigenvalue weighted by Gasteiger charge is -2.10. The van der Waals surface area contributed by atoms with Crippen molar-refractivity contribution >= 4 is 11.8 Å². The number of hydrogen-bond donors (Lipinski definition) is 0. The van der Waals surface area contributed by atoms with Crippen LogP contribution in [0.25, 0.3) is 0 Å². The van der Waals surface area contributed by atoms with Gasteiger partial charge in [-0.15, -0.1) is 0 Å². The van der Waals surface area contributed by atoms with Crippen molar-refractivity contribution < 1.29 is 9.47 Å². The average Bonchev–Trinajstić information content (AvgIpc) is 2.67. The van der Waals surface area contributed by atoms with Crippen LogP contribution in [0.2, 0.25) is 0 Å². The minimum Gasteiger partial charge on any atom is -0.477 e. The average molecular weight is 397 g/mol. The minimum absolute atomic E-state index is 0.654. The number of nitrogens with zero attached hydrogens (tertiary/aromatic N) is 2. The van der Waals surface area contributed by atoms with Gasteiger partial charge in [-0.1, -0.05) is 90.3 Å². The normalized spacial score (nSPS) is 10.9. The van der Waals surface area contributed by atoms with Crippen molar-refractivity contribution in [2.24, 2.45) is 0 Å². The van der Waals surface area contributed by atoms with E-state index in [-0.39, 0.29) is 0 Å². The maximum Gasteiger partial charge on any atom is 0.221 e. The Morgan fingerprint density at radius 2 is 1.15 bits per heavy atom. The first-order valence-corrected chi connectivity index (χ1v) is 12.1. The molecule has 0 unspecified atom stereocenters. The van der Waals surface area contributed by atoms with Gasteiger partial charge in [0.2, 0.25) is 11.8 Å². The smallest absolute Gasteiger partial charge is 0.221 e. The fourth-order valence-corrected chi connectivity index (χ4v) is 3.54. The van der Waals surface area contributed by atoms with Gasteiger partial charge in [0.1, 0.15) is 0 Å². The van der Waals surface area contributed by atoms with E-state index in [1.807, 2.05) is 6.07 Å². The second-order valence-corrected chi connectivity index (χ2v) is 8.12. The zero-order chi connectivity index (χ0) is 19.6. The van der Waals surface area contributed by atoms with Crippen LogP contribution >= 0.6 is 11.8 Å². The van der Waals surface area contributed by atoms with E-state index in [2.05, 4.69) is 30.7 Å². The Bertz CT molecular complexity index is 393. The molecule has 0 aliphatic rings. The van der Waals surface area contributed by atoms with Crippen LogP contribution in [0.3, 0.4) is 0 Å². The van der Waals surface area contributed by atoms with E-state index < -0.39 is 0 Å². The molecule has 0 bridgehead atoms. The quantitative estimate of drug-likeness (QED) is 0.151. The lowest BCUT2D eigenvalue weighted by molar-refractivity contribution is 0.271. The maximum atomic E-state index is 5.88. The zero-order valence-corrected chi connectivity index (χ0v) is 18.6. The summed E-state index contributed by atoms with van der Waals surface area (Å²) in [5.41, 5.74) is 0. The summed E-state index contributed by atoms with van der Waals surface area (Å²) in [6.07, 6.45) is 14.6. The summed E-state index contributed by atoms with van der Waals surface area (Å²) in [5.74, 6) is 2.36. The fourth-order valence-electron chi connectivity index (χ4n) is 2.70. The van der Waals surface area contributed by atoms with Gasteiger partial charge in [-0.3, -0.25) is 0 Å². The molecule has 1 aromatic rings. The van der Waals surface area contributed by atoms with Crippen LogP contribution < -0.4 is 9.47 Å². The van der Waals surface area contributed by atoms with Crippen LogP contribution in [0, 0.1) is 0 Å².